The van der Waals surface area contributed by atoms with Crippen molar-refractivity contribution in [3.05, 3.63) is 66.3 Å². The maximum Gasteiger partial charge on any atom is 0.264 e. The minimum Gasteiger partial charge on any atom is -0.281 e. The highest BCUT2D eigenvalue weighted by molar-refractivity contribution is 6.63. The number of benzene rings is 1. The van der Waals surface area contributed by atoms with Crippen molar-refractivity contribution in [1.82, 2.24) is 0 Å². The number of allylic oxidation sites excluding steroid dienone is 2. The zero-order chi connectivity index (χ0) is 16.1. The number of anilines is 1. The molecule has 0 unspecified atom stereocenters. The van der Waals surface area contributed by atoms with E-state index in [4.69, 9.17) is 11.6 Å². The molecule has 2 rings (SSSR count). The molecule has 0 atom stereocenters. The summed E-state index contributed by atoms with van der Waals surface area (Å²) in [6.07, 6.45) is 6.83. The molecule has 0 saturated heterocycles. The molecule has 1 aromatic rings. The molecule has 0 saturated carbocycles. The predicted molar refractivity (Wildman–Crippen MR) is 85.5 cm³/mol. The van der Waals surface area contributed by atoms with E-state index < -0.39 is 11.1 Å². The van der Waals surface area contributed by atoms with Crippen LogP contribution in [0.25, 0.3) is 0 Å². The van der Waals surface area contributed by atoms with E-state index in [1.54, 1.807) is 48.6 Å². The molecule has 112 valence electrons. The molecule has 0 aromatic heterocycles. The maximum atomic E-state index is 12.4. The highest BCUT2D eigenvalue weighted by atomic mass is 35.5. The second-order valence-electron chi connectivity index (χ2n) is 4.75. The van der Waals surface area contributed by atoms with Crippen LogP contribution in [-0.2, 0) is 20.8 Å². The van der Waals surface area contributed by atoms with Crippen LogP contribution < -0.4 is 4.90 Å². The topological polar surface area (TPSA) is 54.5 Å². The van der Waals surface area contributed by atoms with Crippen LogP contribution in [-0.4, -0.2) is 17.1 Å². The van der Waals surface area contributed by atoms with E-state index in [0.717, 1.165) is 4.90 Å². The number of rotatable bonds is 3. The van der Waals surface area contributed by atoms with Crippen molar-refractivity contribution in [2.45, 2.75) is 12.8 Å². The fraction of sp³-hybridized carbons (Fsp3) is 0.118. The molecule has 0 bridgehead atoms. The van der Waals surface area contributed by atoms with Crippen molar-refractivity contribution < 1.29 is 14.4 Å². The van der Waals surface area contributed by atoms with Gasteiger partial charge in [0, 0.05) is 18.4 Å². The van der Waals surface area contributed by atoms with Gasteiger partial charge >= 0.3 is 0 Å². The highest BCUT2D eigenvalue weighted by Gasteiger charge is 2.24. The molecule has 0 aliphatic carbocycles. The molecule has 5 heteroatoms. The van der Waals surface area contributed by atoms with Crippen LogP contribution in [0.15, 0.2) is 60.7 Å². The zero-order valence-electron chi connectivity index (χ0n) is 11.8. The fourth-order valence-corrected chi connectivity index (χ4v) is 2.18. The number of carbonyl (C=O) groups is 3. The fourth-order valence-electron chi connectivity index (χ4n) is 2.02. The minimum atomic E-state index is -0.467. The lowest BCUT2D eigenvalue weighted by atomic mass is 10.1. The zero-order valence-corrected chi connectivity index (χ0v) is 12.5. The molecule has 1 heterocycles. The Kier molecular flexibility index (Phi) is 5.07. The summed E-state index contributed by atoms with van der Waals surface area (Å²) in [5.41, 5.74) is 1.37. The number of hydrogen-bond donors (Lipinski definition) is 0. The van der Waals surface area contributed by atoms with Gasteiger partial charge in [-0.1, -0.05) is 43.0 Å². The molecular formula is C17H14ClNO3. The first-order chi connectivity index (χ1) is 10.5. The first-order valence-corrected chi connectivity index (χ1v) is 7.03. The molecule has 1 aromatic carbocycles. The van der Waals surface area contributed by atoms with Crippen LogP contribution in [0.3, 0.4) is 0 Å². The van der Waals surface area contributed by atoms with Gasteiger partial charge in [-0.3, -0.25) is 14.4 Å². The molecular weight excluding hydrogens is 302 g/mol. The van der Waals surface area contributed by atoms with Gasteiger partial charge in [0.15, 0.2) is 0 Å². The normalized spacial score (nSPS) is 18.4. The third kappa shape index (κ3) is 3.80. The first kappa shape index (κ1) is 15.9. The van der Waals surface area contributed by atoms with E-state index in [1.165, 1.54) is 0 Å². The monoisotopic (exact) mass is 315 g/mol. The molecule has 0 radical (unpaired) electrons. The molecule has 0 fully saturated rings. The smallest absolute Gasteiger partial charge is 0.264 e. The van der Waals surface area contributed by atoms with Gasteiger partial charge in [-0.2, -0.15) is 0 Å². The molecule has 1 aliphatic rings. The molecule has 1 aliphatic heterocycles. The third-order valence-corrected chi connectivity index (χ3v) is 3.24. The van der Waals surface area contributed by atoms with E-state index in [2.05, 4.69) is 6.58 Å². The molecule has 4 nitrogen and oxygen atoms in total. The molecule has 0 N–H and O–H groups in total. The number of imide groups is 1. The lowest BCUT2D eigenvalue weighted by Gasteiger charge is -2.20. The van der Waals surface area contributed by atoms with Crippen molar-refractivity contribution in [1.29, 1.82) is 0 Å². The summed E-state index contributed by atoms with van der Waals surface area (Å²) in [6.45, 7) is 3.68. The molecule has 0 spiro atoms. The summed E-state index contributed by atoms with van der Waals surface area (Å²) in [4.78, 5) is 36.6. The molecule has 22 heavy (non-hydrogen) atoms. The van der Waals surface area contributed by atoms with Crippen molar-refractivity contribution in [3.63, 3.8) is 0 Å². The van der Waals surface area contributed by atoms with Gasteiger partial charge in [0.25, 0.3) is 5.91 Å². The largest absolute Gasteiger partial charge is 0.281 e. The van der Waals surface area contributed by atoms with E-state index in [0.29, 0.717) is 11.3 Å². The summed E-state index contributed by atoms with van der Waals surface area (Å²) in [7, 11) is 0. The number of nitrogens with zero attached hydrogens (tertiary/aromatic N) is 1. The highest BCUT2D eigenvalue weighted by Crippen LogP contribution is 2.20. The number of carbonyl (C=O) groups excluding carboxylic acids is 3. The van der Waals surface area contributed by atoms with Gasteiger partial charge in [0.1, 0.15) is 0 Å². The SMILES string of the molecule is C=C1/C=C\C=C/CC(=O)N(c2ccc(CC(=O)Cl)cc2)C1=O. The number of hydrogen-bond acceptors (Lipinski definition) is 3. The van der Waals surface area contributed by atoms with E-state index >= 15 is 0 Å². The summed E-state index contributed by atoms with van der Waals surface area (Å²) < 4.78 is 0. The Morgan fingerprint density at radius 3 is 2.50 bits per heavy atom. The molecule has 2 amide bonds. The second-order valence-corrected chi connectivity index (χ2v) is 5.17. The minimum absolute atomic E-state index is 0.0991. The second kappa shape index (κ2) is 7.00. The van der Waals surface area contributed by atoms with Crippen LogP contribution in [0.2, 0.25) is 0 Å². The lowest BCUT2D eigenvalue weighted by Crippen LogP contribution is -2.37. The third-order valence-electron chi connectivity index (χ3n) is 3.10. The predicted octanol–water partition coefficient (Wildman–Crippen LogP) is 2.93. The van der Waals surface area contributed by atoms with Gasteiger partial charge in [-0.05, 0) is 29.3 Å². The van der Waals surface area contributed by atoms with Crippen LogP contribution in [0.4, 0.5) is 5.69 Å². The summed E-state index contributed by atoms with van der Waals surface area (Å²) in [5.74, 6) is -0.807. The van der Waals surface area contributed by atoms with Gasteiger partial charge in [0.05, 0.1) is 5.69 Å². The first-order valence-electron chi connectivity index (χ1n) is 6.65. The van der Waals surface area contributed by atoms with Gasteiger partial charge in [-0.15, -0.1) is 0 Å². The Labute approximate surface area is 133 Å². The Morgan fingerprint density at radius 2 is 1.86 bits per heavy atom. The number of halogens is 1. The Bertz CT molecular complexity index is 686. The average Bonchev–Trinajstić information content (AvgIpc) is 2.52. The van der Waals surface area contributed by atoms with Gasteiger partial charge < -0.3 is 0 Å². The average molecular weight is 316 g/mol. The van der Waals surface area contributed by atoms with Crippen molar-refractivity contribution in [2.24, 2.45) is 0 Å². The Hall–Kier alpha value is -2.46. The van der Waals surface area contributed by atoms with Crippen LogP contribution in [0.5, 0.6) is 0 Å². The van der Waals surface area contributed by atoms with E-state index in [1.807, 2.05) is 0 Å². The van der Waals surface area contributed by atoms with E-state index in [9.17, 15) is 14.4 Å². The van der Waals surface area contributed by atoms with Crippen LogP contribution in [0.1, 0.15) is 12.0 Å². The number of amides is 2. The summed E-state index contributed by atoms with van der Waals surface area (Å²) in [6, 6.07) is 6.56. The van der Waals surface area contributed by atoms with E-state index in [-0.39, 0.29) is 24.3 Å². The summed E-state index contributed by atoms with van der Waals surface area (Å²) >= 11 is 5.34. The lowest BCUT2D eigenvalue weighted by molar-refractivity contribution is -0.124. The van der Waals surface area contributed by atoms with Crippen LogP contribution in [0, 0.1) is 0 Å². The van der Waals surface area contributed by atoms with Crippen molar-refractivity contribution >= 4 is 34.3 Å². The van der Waals surface area contributed by atoms with Crippen LogP contribution >= 0.6 is 11.6 Å². The standard InChI is InChI=1S/C17H14ClNO3/c1-12-5-3-2-4-6-16(21)19(17(12)22)14-9-7-13(8-10-14)11-15(18)20/h2-5,7-10H,1,6,11H2/b4-2-,5-3-. The van der Waals surface area contributed by atoms with Gasteiger partial charge in [-0.25, -0.2) is 4.90 Å². The maximum absolute atomic E-state index is 12.4. The summed E-state index contributed by atoms with van der Waals surface area (Å²) in [5, 5.41) is -0.466. The van der Waals surface area contributed by atoms with Gasteiger partial charge in [0.2, 0.25) is 11.1 Å². The quantitative estimate of drug-likeness (QED) is 0.489. The van der Waals surface area contributed by atoms with Crippen molar-refractivity contribution in [2.75, 3.05) is 4.90 Å². The Balaban J connectivity index is 2.33. The Morgan fingerprint density at radius 1 is 1.18 bits per heavy atom. The van der Waals surface area contributed by atoms with Crippen molar-refractivity contribution in [3.8, 4) is 0 Å².